The molecule has 3 heteroatoms. The van der Waals surface area contributed by atoms with Gasteiger partial charge in [0.05, 0.1) is 0 Å². The highest BCUT2D eigenvalue weighted by Gasteiger charge is 2.07. The molecule has 31 heavy (non-hydrogen) atoms. The second-order valence-corrected chi connectivity index (χ2v) is 7.61. The van der Waals surface area contributed by atoms with Crippen molar-refractivity contribution >= 4 is 0 Å². The smallest absolute Gasteiger partial charge is 0.0346 e. The number of rotatable bonds is 4. The highest BCUT2D eigenvalue weighted by Crippen LogP contribution is 2.31. The maximum Gasteiger partial charge on any atom is 0.0346 e. The Bertz CT molecular complexity index is 1330. The first-order valence-corrected chi connectivity index (χ1v) is 10.2. The molecular weight excluding hydrogens is 378 g/mol. The van der Waals surface area contributed by atoms with Crippen molar-refractivity contribution in [3.05, 3.63) is 116 Å². The molecule has 0 N–H and O–H groups in total. The largest absolute Gasteiger partial charge is 0.264 e. The summed E-state index contributed by atoms with van der Waals surface area (Å²) in [5.41, 5.74) is 10.2. The van der Waals surface area contributed by atoms with Gasteiger partial charge in [0.2, 0.25) is 0 Å². The van der Waals surface area contributed by atoms with E-state index in [-0.39, 0.29) is 0 Å². The van der Waals surface area contributed by atoms with Gasteiger partial charge in [-0.3, -0.25) is 15.0 Å². The topological polar surface area (TPSA) is 38.7 Å². The van der Waals surface area contributed by atoms with Gasteiger partial charge in [0.25, 0.3) is 0 Å². The molecule has 0 aliphatic carbocycles. The van der Waals surface area contributed by atoms with E-state index >= 15 is 0 Å². The number of pyridine rings is 3. The van der Waals surface area contributed by atoms with Crippen LogP contribution in [0.5, 0.6) is 0 Å². The molecule has 0 aliphatic rings. The van der Waals surface area contributed by atoms with Gasteiger partial charge in [-0.1, -0.05) is 42.5 Å². The highest BCUT2D eigenvalue weighted by molar-refractivity contribution is 5.78. The first kappa shape index (κ1) is 18.9. The molecule has 148 valence electrons. The summed E-state index contributed by atoms with van der Waals surface area (Å²) in [4.78, 5) is 13.1. The Morgan fingerprint density at radius 3 is 1.52 bits per heavy atom. The third kappa shape index (κ3) is 4.12. The first-order valence-electron chi connectivity index (χ1n) is 10.2. The van der Waals surface area contributed by atoms with Crippen molar-refractivity contribution in [1.29, 1.82) is 0 Å². The Kier molecular flexibility index (Phi) is 5.07. The lowest BCUT2D eigenvalue weighted by molar-refractivity contribution is 1.31. The number of benzene rings is 2. The monoisotopic (exact) mass is 399 g/mol. The number of hydrogen-bond acceptors (Lipinski definition) is 3. The van der Waals surface area contributed by atoms with Gasteiger partial charge >= 0.3 is 0 Å². The van der Waals surface area contributed by atoms with Crippen LogP contribution in [0, 0.1) is 6.92 Å². The minimum absolute atomic E-state index is 1.09. The van der Waals surface area contributed by atoms with Crippen molar-refractivity contribution in [3.8, 4) is 44.5 Å². The normalized spacial score (nSPS) is 10.7. The van der Waals surface area contributed by atoms with Gasteiger partial charge in [-0.25, -0.2) is 0 Å². The van der Waals surface area contributed by atoms with Gasteiger partial charge in [-0.2, -0.15) is 0 Å². The maximum atomic E-state index is 4.55. The molecule has 2 aromatic carbocycles. The predicted molar refractivity (Wildman–Crippen MR) is 126 cm³/mol. The summed E-state index contributed by atoms with van der Waals surface area (Å²) in [6, 6.07) is 25.4. The SMILES string of the molecule is Cc1cc(-c2cccnc2)cc(-c2cncc(-c3cccc(-c4cccnc4)c3)c2)c1. The second kappa shape index (κ2) is 8.33. The Labute approximate surface area is 182 Å². The fourth-order valence-electron chi connectivity index (χ4n) is 3.82. The van der Waals surface area contributed by atoms with Crippen LogP contribution in [0.4, 0.5) is 0 Å². The van der Waals surface area contributed by atoms with Crippen LogP contribution in [-0.4, -0.2) is 15.0 Å². The van der Waals surface area contributed by atoms with Crippen molar-refractivity contribution < 1.29 is 0 Å². The molecule has 0 radical (unpaired) electrons. The molecule has 3 aromatic heterocycles. The van der Waals surface area contributed by atoms with E-state index in [1.807, 2.05) is 36.9 Å². The van der Waals surface area contributed by atoms with Crippen molar-refractivity contribution in [2.24, 2.45) is 0 Å². The lowest BCUT2D eigenvalue weighted by Gasteiger charge is -2.10. The van der Waals surface area contributed by atoms with Gasteiger partial charge in [0.15, 0.2) is 0 Å². The van der Waals surface area contributed by atoms with Crippen LogP contribution in [0.3, 0.4) is 0 Å². The summed E-state index contributed by atoms with van der Waals surface area (Å²) in [6.07, 6.45) is 11.2. The summed E-state index contributed by atoms with van der Waals surface area (Å²) < 4.78 is 0. The van der Waals surface area contributed by atoms with Crippen LogP contribution in [-0.2, 0) is 0 Å². The zero-order chi connectivity index (χ0) is 21.0. The number of hydrogen-bond donors (Lipinski definition) is 0. The summed E-state index contributed by atoms with van der Waals surface area (Å²) in [7, 11) is 0. The van der Waals surface area contributed by atoms with E-state index in [1.165, 1.54) is 5.56 Å². The van der Waals surface area contributed by atoms with E-state index < -0.39 is 0 Å². The van der Waals surface area contributed by atoms with Crippen molar-refractivity contribution in [2.45, 2.75) is 6.92 Å². The Morgan fingerprint density at radius 1 is 0.419 bits per heavy atom. The zero-order valence-corrected chi connectivity index (χ0v) is 17.2. The number of nitrogens with zero attached hydrogens (tertiary/aromatic N) is 3. The Hall–Kier alpha value is -4.11. The summed E-state index contributed by atoms with van der Waals surface area (Å²) in [5.74, 6) is 0. The standard InChI is InChI=1S/C28H21N3/c1-20-11-25(24-8-4-10-30-17-24)14-26(12-20)28-15-27(18-31-19-28)22-6-2-5-21(13-22)23-7-3-9-29-16-23/h2-19H,1H3. The minimum atomic E-state index is 1.09. The molecule has 0 spiro atoms. The number of aryl methyl sites for hydroxylation is 1. The summed E-state index contributed by atoms with van der Waals surface area (Å²) in [5, 5.41) is 0. The quantitative estimate of drug-likeness (QED) is 0.332. The summed E-state index contributed by atoms with van der Waals surface area (Å²) in [6.45, 7) is 2.12. The molecule has 0 atom stereocenters. The van der Waals surface area contributed by atoms with Crippen LogP contribution in [0.1, 0.15) is 5.56 Å². The van der Waals surface area contributed by atoms with Crippen LogP contribution < -0.4 is 0 Å². The molecule has 0 unspecified atom stereocenters. The van der Waals surface area contributed by atoms with E-state index in [4.69, 9.17) is 0 Å². The molecule has 5 rings (SSSR count). The van der Waals surface area contributed by atoms with Crippen LogP contribution >= 0.6 is 0 Å². The van der Waals surface area contributed by atoms with E-state index in [9.17, 15) is 0 Å². The molecule has 0 amide bonds. The fraction of sp³-hybridized carbons (Fsp3) is 0.0357. The zero-order valence-electron chi connectivity index (χ0n) is 17.2. The molecule has 0 fully saturated rings. The molecule has 0 aliphatic heterocycles. The average molecular weight is 399 g/mol. The predicted octanol–water partition coefficient (Wildman–Crippen LogP) is 6.85. The van der Waals surface area contributed by atoms with E-state index in [1.54, 1.807) is 12.4 Å². The molecular formula is C28H21N3. The van der Waals surface area contributed by atoms with E-state index in [2.05, 4.69) is 82.5 Å². The van der Waals surface area contributed by atoms with E-state index in [0.717, 1.165) is 44.5 Å². The van der Waals surface area contributed by atoms with Crippen LogP contribution in [0.25, 0.3) is 44.5 Å². The number of aromatic nitrogens is 3. The third-order valence-electron chi connectivity index (χ3n) is 5.33. The molecule has 0 saturated heterocycles. The Balaban J connectivity index is 1.54. The minimum Gasteiger partial charge on any atom is -0.264 e. The van der Waals surface area contributed by atoms with Gasteiger partial charge in [0, 0.05) is 59.4 Å². The second-order valence-electron chi connectivity index (χ2n) is 7.61. The highest BCUT2D eigenvalue weighted by atomic mass is 14.6. The van der Waals surface area contributed by atoms with Crippen LogP contribution in [0.2, 0.25) is 0 Å². The van der Waals surface area contributed by atoms with Gasteiger partial charge in [-0.05, 0) is 65.1 Å². The Morgan fingerprint density at radius 2 is 0.871 bits per heavy atom. The van der Waals surface area contributed by atoms with Gasteiger partial charge in [0.1, 0.15) is 0 Å². The maximum absolute atomic E-state index is 4.55. The fourth-order valence-corrected chi connectivity index (χ4v) is 3.82. The van der Waals surface area contributed by atoms with Crippen molar-refractivity contribution in [3.63, 3.8) is 0 Å². The molecule has 3 nitrogen and oxygen atoms in total. The van der Waals surface area contributed by atoms with Crippen molar-refractivity contribution in [2.75, 3.05) is 0 Å². The molecule has 0 saturated carbocycles. The van der Waals surface area contributed by atoms with E-state index in [0.29, 0.717) is 0 Å². The molecule has 0 bridgehead atoms. The average Bonchev–Trinajstić information content (AvgIpc) is 2.85. The lowest BCUT2D eigenvalue weighted by Crippen LogP contribution is -1.88. The summed E-state index contributed by atoms with van der Waals surface area (Å²) >= 11 is 0. The van der Waals surface area contributed by atoms with Crippen LogP contribution in [0.15, 0.2) is 110 Å². The third-order valence-corrected chi connectivity index (χ3v) is 5.33. The molecule has 3 heterocycles. The van der Waals surface area contributed by atoms with Gasteiger partial charge < -0.3 is 0 Å². The first-order chi connectivity index (χ1) is 15.3. The van der Waals surface area contributed by atoms with Gasteiger partial charge in [-0.15, -0.1) is 0 Å². The molecule has 5 aromatic rings. The lowest BCUT2D eigenvalue weighted by atomic mass is 9.96. The van der Waals surface area contributed by atoms with Crippen molar-refractivity contribution in [1.82, 2.24) is 15.0 Å².